The molecule has 8 heteroatoms. The maximum Gasteiger partial charge on any atom is 0.338 e. The molecular weight excluding hydrogens is 438 g/mol. The molecule has 34 heavy (non-hydrogen) atoms. The van der Waals surface area contributed by atoms with Crippen molar-refractivity contribution in [2.24, 2.45) is 34.0 Å². The molecule has 6 aliphatic rings. The van der Waals surface area contributed by atoms with Gasteiger partial charge in [-0.2, -0.15) is 0 Å². The summed E-state index contributed by atoms with van der Waals surface area (Å²) in [5.41, 5.74) is -2.87. The number of fused-ring (bicyclic) bond motifs is 2. The van der Waals surface area contributed by atoms with Gasteiger partial charge in [-0.3, -0.25) is 14.6 Å². The summed E-state index contributed by atoms with van der Waals surface area (Å²) in [7, 11) is 0. The molecule has 7 rings (SSSR count). The summed E-state index contributed by atoms with van der Waals surface area (Å²) in [5.74, 6) is -5.20. The standard InChI is InChI=1S/C26H29NO7/c1-13-15-4-5-16-24-12-33-26(32,20(30)18(24)23(2,3)9-6-17(24)28)25(16,19(13)29)21(15)34-22(31)14-7-10-27-11-8-14/h7-8,10-11,15-16,18,20-21,30,32H,1,4-6,9,12H2,2-3H3/t15-,16-,18+,20-,21+,24+,25-,26+/m0/s1. The Balaban J connectivity index is 1.55. The third-order valence-electron chi connectivity index (χ3n) is 9.77. The Bertz CT molecular complexity index is 1130. The minimum Gasteiger partial charge on any atom is -0.457 e. The fourth-order valence-corrected chi connectivity index (χ4v) is 8.44. The smallest absolute Gasteiger partial charge is 0.338 e. The van der Waals surface area contributed by atoms with Crippen molar-refractivity contribution >= 4 is 17.5 Å². The van der Waals surface area contributed by atoms with Gasteiger partial charge in [0.15, 0.2) is 5.78 Å². The quantitative estimate of drug-likeness (QED) is 0.499. The number of carbonyl (C=O) groups is 3. The first-order valence-electron chi connectivity index (χ1n) is 12.0. The minimum absolute atomic E-state index is 0.0510. The van der Waals surface area contributed by atoms with E-state index in [0.717, 1.165) is 0 Å². The molecule has 3 heterocycles. The number of hydrogen-bond donors (Lipinski definition) is 2. The van der Waals surface area contributed by atoms with Crippen molar-refractivity contribution in [3.8, 4) is 0 Å². The van der Waals surface area contributed by atoms with Gasteiger partial charge in [0.2, 0.25) is 5.79 Å². The van der Waals surface area contributed by atoms with E-state index < -0.39 is 63.7 Å². The van der Waals surface area contributed by atoms with Crippen LogP contribution in [0, 0.1) is 34.0 Å². The van der Waals surface area contributed by atoms with Gasteiger partial charge in [-0.05, 0) is 48.3 Å². The first kappa shape index (κ1) is 22.1. The van der Waals surface area contributed by atoms with E-state index in [0.29, 0.717) is 25.7 Å². The summed E-state index contributed by atoms with van der Waals surface area (Å²) in [4.78, 5) is 44.7. The average molecular weight is 468 g/mol. The first-order valence-corrected chi connectivity index (χ1v) is 12.0. The highest BCUT2D eigenvalue weighted by Gasteiger charge is 2.88. The molecule has 8 atom stereocenters. The number of ketones is 2. The van der Waals surface area contributed by atoms with Gasteiger partial charge in [0.25, 0.3) is 0 Å². The molecule has 6 fully saturated rings. The number of carbonyl (C=O) groups excluding carboxylic acids is 3. The second kappa shape index (κ2) is 6.62. The molecule has 4 aliphatic carbocycles. The molecule has 2 N–H and O–H groups in total. The van der Waals surface area contributed by atoms with Crippen molar-refractivity contribution in [3.63, 3.8) is 0 Å². The van der Waals surface area contributed by atoms with Crippen LogP contribution in [0.5, 0.6) is 0 Å². The Kier molecular flexibility index (Phi) is 4.30. The summed E-state index contributed by atoms with van der Waals surface area (Å²) in [5, 5.41) is 23.8. The van der Waals surface area contributed by atoms with Crippen LogP contribution >= 0.6 is 0 Å². The van der Waals surface area contributed by atoms with Gasteiger partial charge in [-0.25, -0.2) is 4.79 Å². The van der Waals surface area contributed by atoms with E-state index in [2.05, 4.69) is 11.6 Å². The van der Waals surface area contributed by atoms with E-state index in [4.69, 9.17) is 9.47 Å². The Morgan fingerprint density at radius 1 is 1.24 bits per heavy atom. The van der Waals surface area contributed by atoms with Crippen molar-refractivity contribution in [1.82, 2.24) is 4.98 Å². The number of ether oxygens (including phenoxy) is 2. The molecule has 0 amide bonds. The van der Waals surface area contributed by atoms with Crippen LogP contribution in [0.25, 0.3) is 0 Å². The zero-order valence-corrected chi connectivity index (χ0v) is 19.3. The highest BCUT2D eigenvalue weighted by Crippen LogP contribution is 2.76. The lowest BCUT2D eigenvalue weighted by Crippen LogP contribution is -2.85. The summed E-state index contributed by atoms with van der Waals surface area (Å²) >= 11 is 0. The van der Waals surface area contributed by atoms with E-state index in [1.165, 1.54) is 24.5 Å². The monoisotopic (exact) mass is 467 g/mol. The summed E-state index contributed by atoms with van der Waals surface area (Å²) in [6.07, 6.45) is 2.21. The van der Waals surface area contributed by atoms with Crippen LogP contribution < -0.4 is 0 Å². The Morgan fingerprint density at radius 3 is 2.65 bits per heavy atom. The fourth-order valence-electron chi connectivity index (χ4n) is 8.44. The van der Waals surface area contributed by atoms with E-state index in [9.17, 15) is 24.6 Å². The van der Waals surface area contributed by atoms with Gasteiger partial charge >= 0.3 is 5.97 Å². The number of aliphatic hydroxyl groups is 2. The molecule has 0 aromatic carbocycles. The van der Waals surface area contributed by atoms with Crippen molar-refractivity contribution in [2.75, 3.05) is 6.61 Å². The minimum atomic E-state index is -2.29. The van der Waals surface area contributed by atoms with Crippen LogP contribution in [0.3, 0.4) is 0 Å². The molecule has 8 nitrogen and oxygen atoms in total. The maximum absolute atomic E-state index is 14.0. The fraction of sp³-hybridized carbons (Fsp3) is 0.615. The van der Waals surface area contributed by atoms with Crippen molar-refractivity contribution in [3.05, 3.63) is 42.2 Å². The number of nitrogens with zero attached hydrogens (tertiary/aromatic N) is 1. The van der Waals surface area contributed by atoms with Crippen LogP contribution in [0.2, 0.25) is 0 Å². The Morgan fingerprint density at radius 2 is 1.94 bits per heavy atom. The third-order valence-corrected chi connectivity index (χ3v) is 9.77. The molecule has 180 valence electrons. The number of aromatic nitrogens is 1. The van der Waals surface area contributed by atoms with Gasteiger partial charge in [0.05, 0.1) is 17.6 Å². The van der Waals surface area contributed by atoms with Crippen LogP contribution in [-0.4, -0.2) is 57.3 Å². The zero-order chi connectivity index (χ0) is 24.3. The van der Waals surface area contributed by atoms with Gasteiger partial charge in [0.1, 0.15) is 23.4 Å². The van der Waals surface area contributed by atoms with E-state index in [1.54, 1.807) is 0 Å². The highest BCUT2D eigenvalue weighted by atomic mass is 16.6. The molecule has 1 aromatic rings. The number of hydrogen-bond acceptors (Lipinski definition) is 8. The lowest BCUT2D eigenvalue weighted by Gasteiger charge is -2.72. The number of rotatable bonds is 2. The number of aliphatic hydroxyl groups excluding tert-OH is 1. The van der Waals surface area contributed by atoms with E-state index in [1.807, 2.05) is 13.8 Å². The van der Waals surface area contributed by atoms with E-state index >= 15 is 0 Å². The lowest BCUT2D eigenvalue weighted by atomic mass is 9.36. The second-order valence-corrected chi connectivity index (χ2v) is 11.4. The first-order chi connectivity index (χ1) is 16.0. The SMILES string of the molecule is C=C1C(=O)[C@]23[C@H](OC(=O)c4ccncc4)[C@H]1CC[C@H]2[C@@]12CO[C@]3(O)[C@@H](O)[C@@H]1C(C)(C)CCC2=O. The average Bonchev–Trinajstić information content (AvgIpc) is 2.93. The molecule has 0 radical (unpaired) electrons. The molecule has 4 bridgehead atoms. The van der Waals surface area contributed by atoms with Crippen molar-refractivity contribution in [2.45, 2.75) is 57.5 Å². The number of Topliss-reactive ketones (excluding diaryl/α,β-unsaturated/α-hetero) is 2. The molecule has 2 spiro atoms. The second-order valence-electron chi connectivity index (χ2n) is 11.4. The normalized spacial score (nSPS) is 46.1. The third kappa shape index (κ3) is 2.21. The van der Waals surface area contributed by atoms with Gasteiger partial charge in [-0.1, -0.05) is 20.4 Å². The molecular formula is C26H29NO7. The number of esters is 1. The topological polar surface area (TPSA) is 123 Å². The van der Waals surface area contributed by atoms with Gasteiger partial charge in [0, 0.05) is 30.7 Å². The summed E-state index contributed by atoms with van der Waals surface area (Å²) in [6, 6.07) is 3.02. The molecule has 0 unspecified atom stereocenters. The van der Waals surface area contributed by atoms with Gasteiger partial charge in [-0.15, -0.1) is 0 Å². The zero-order valence-electron chi connectivity index (χ0n) is 19.3. The predicted molar refractivity (Wildman–Crippen MR) is 117 cm³/mol. The predicted octanol–water partition coefficient (Wildman–Crippen LogP) is 1.84. The van der Waals surface area contributed by atoms with Crippen molar-refractivity contribution in [1.29, 1.82) is 0 Å². The number of pyridine rings is 1. The molecule has 2 aliphatic heterocycles. The van der Waals surface area contributed by atoms with Crippen LogP contribution in [-0.2, 0) is 19.1 Å². The summed E-state index contributed by atoms with van der Waals surface area (Å²) in [6.45, 7) is 7.93. The maximum atomic E-state index is 14.0. The summed E-state index contributed by atoms with van der Waals surface area (Å²) < 4.78 is 11.9. The molecule has 1 aromatic heterocycles. The van der Waals surface area contributed by atoms with Crippen LogP contribution in [0.4, 0.5) is 0 Å². The molecule has 4 saturated carbocycles. The lowest BCUT2D eigenvalue weighted by molar-refractivity contribution is -0.436. The van der Waals surface area contributed by atoms with Gasteiger partial charge < -0.3 is 19.7 Å². The largest absolute Gasteiger partial charge is 0.457 e. The van der Waals surface area contributed by atoms with Crippen LogP contribution in [0.1, 0.15) is 49.9 Å². The van der Waals surface area contributed by atoms with E-state index in [-0.39, 0.29) is 23.5 Å². The Labute approximate surface area is 197 Å². The Hall–Kier alpha value is -2.42. The van der Waals surface area contributed by atoms with Crippen molar-refractivity contribution < 1.29 is 34.1 Å². The molecule has 2 saturated heterocycles. The highest BCUT2D eigenvalue weighted by molar-refractivity contribution is 6.06. The van der Waals surface area contributed by atoms with Crippen LogP contribution in [0.15, 0.2) is 36.7 Å².